The van der Waals surface area contributed by atoms with Gasteiger partial charge in [0.25, 0.3) is 0 Å². The first-order chi connectivity index (χ1) is 8.81. The summed E-state index contributed by atoms with van der Waals surface area (Å²) in [5.41, 5.74) is 0. The Balaban J connectivity index is 1.50. The fourth-order valence-electron chi connectivity index (χ4n) is 3.59. The SMILES string of the molecule is O=C(CN1CCC2CCC(C1)N2)N1CCCCC1. The lowest BCUT2D eigenvalue weighted by molar-refractivity contribution is -0.133. The molecule has 0 aromatic carbocycles. The van der Waals surface area contributed by atoms with E-state index in [4.69, 9.17) is 0 Å². The minimum Gasteiger partial charge on any atom is -0.342 e. The number of likely N-dealkylation sites (tertiary alicyclic amines) is 2. The molecule has 2 atom stereocenters. The number of amides is 1. The van der Waals surface area contributed by atoms with Crippen LogP contribution in [0.15, 0.2) is 0 Å². The molecule has 0 saturated carbocycles. The molecule has 4 heteroatoms. The molecule has 102 valence electrons. The van der Waals surface area contributed by atoms with Crippen LogP contribution in [0, 0.1) is 0 Å². The quantitative estimate of drug-likeness (QED) is 0.789. The number of hydrogen-bond acceptors (Lipinski definition) is 3. The van der Waals surface area contributed by atoms with Crippen LogP contribution < -0.4 is 5.32 Å². The molecule has 3 aliphatic rings. The van der Waals surface area contributed by atoms with Crippen molar-refractivity contribution in [3.8, 4) is 0 Å². The Morgan fingerprint density at radius 3 is 2.61 bits per heavy atom. The van der Waals surface area contributed by atoms with Gasteiger partial charge in [-0.25, -0.2) is 0 Å². The van der Waals surface area contributed by atoms with Gasteiger partial charge in [-0.05, 0) is 38.5 Å². The summed E-state index contributed by atoms with van der Waals surface area (Å²) >= 11 is 0. The zero-order chi connectivity index (χ0) is 12.4. The third kappa shape index (κ3) is 2.86. The highest BCUT2D eigenvalue weighted by atomic mass is 16.2. The fourth-order valence-corrected chi connectivity index (χ4v) is 3.59. The smallest absolute Gasteiger partial charge is 0.236 e. The van der Waals surface area contributed by atoms with Crippen LogP contribution in [0.25, 0.3) is 0 Å². The van der Waals surface area contributed by atoms with E-state index in [2.05, 4.69) is 15.1 Å². The third-order valence-corrected chi connectivity index (χ3v) is 4.68. The first kappa shape index (κ1) is 12.4. The Morgan fingerprint density at radius 1 is 1.00 bits per heavy atom. The number of nitrogens with one attached hydrogen (secondary N) is 1. The van der Waals surface area contributed by atoms with Crippen LogP contribution in [0.2, 0.25) is 0 Å². The van der Waals surface area contributed by atoms with Gasteiger partial charge in [-0.3, -0.25) is 9.69 Å². The van der Waals surface area contributed by atoms with Crippen LogP contribution in [0.4, 0.5) is 0 Å². The molecule has 18 heavy (non-hydrogen) atoms. The molecule has 0 radical (unpaired) electrons. The van der Waals surface area contributed by atoms with E-state index >= 15 is 0 Å². The molecule has 3 aliphatic heterocycles. The lowest BCUT2D eigenvalue weighted by Crippen LogP contribution is -2.45. The maximum absolute atomic E-state index is 12.2. The number of fused-ring (bicyclic) bond motifs is 2. The Hall–Kier alpha value is -0.610. The molecule has 0 aromatic heterocycles. The highest BCUT2D eigenvalue weighted by molar-refractivity contribution is 5.78. The van der Waals surface area contributed by atoms with Crippen LogP contribution in [-0.4, -0.2) is 60.5 Å². The third-order valence-electron chi connectivity index (χ3n) is 4.68. The Kier molecular flexibility index (Phi) is 3.85. The molecule has 2 bridgehead atoms. The van der Waals surface area contributed by atoms with Gasteiger partial charge in [-0.1, -0.05) is 0 Å². The first-order valence-corrected chi connectivity index (χ1v) is 7.57. The van der Waals surface area contributed by atoms with Gasteiger partial charge in [-0.2, -0.15) is 0 Å². The number of rotatable bonds is 2. The second kappa shape index (κ2) is 5.57. The van der Waals surface area contributed by atoms with E-state index in [9.17, 15) is 4.79 Å². The summed E-state index contributed by atoms with van der Waals surface area (Å²) in [5, 5.41) is 3.67. The Labute approximate surface area is 110 Å². The standard InChI is InChI=1S/C14H25N3O/c18-14(17-7-2-1-3-8-17)11-16-9-6-12-4-5-13(10-16)15-12/h12-13,15H,1-11H2. The van der Waals surface area contributed by atoms with Crippen molar-refractivity contribution < 1.29 is 4.79 Å². The van der Waals surface area contributed by atoms with Crippen molar-refractivity contribution in [1.29, 1.82) is 0 Å². The molecule has 1 N–H and O–H groups in total. The summed E-state index contributed by atoms with van der Waals surface area (Å²) in [6.45, 7) is 4.77. The van der Waals surface area contributed by atoms with Gasteiger partial charge in [0.1, 0.15) is 0 Å². The number of nitrogens with zero attached hydrogens (tertiary/aromatic N) is 2. The number of carbonyl (C=O) groups excluding carboxylic acids is 1. The average Bonchev–Trinajstić information content (AvgIpc) is 2.74. The van der Waals surface area contributed by atoms with Gasteiger partial charge in [0, 0.05) is 38.3 Å². The van der Waals surface area contributed by atoms with Gasteiger partial charge >= 0.3 is 0 Å². The molecule has 0 aliphatic carbocycles. The van der Waals surface area contributed by atoms with Crippen LogP contribution >= 0.6 is 0 Å². The van der Waals surface area contributed by atoms with Gasteiger partial charge < -0.3 is 10.2 Å². The zero-order valence-electron chi connectivity index (χ0n) is 11.2. The second-order valence-electron chi connectivity index (χ2n) is 6.10. The first-order valence-electron chi connectivity index (χ1n) is 7.57. The predicted octanol–water partition coefficient (Wildman–Crippen LogP) is 0.825. The maximum Gasteiger partial charge on any atom is 0.236 e. The molecule has 0 spiro atoms. The van der Waals surface area contributed by atoms with E-state index in [0.29, 0.717) is 24.5 Å². The van der Waals surface area contributed by atoms with Crippen molar-refractivity contribution in [3.63, 3.8) is 0 Å². The summed E-state index contributed by atoms with van der Waals surface area (Å²) in [6, 6.07) is 1.34. The van der Waals surface area contributed by atoms with Gasteiger partial charge in [0.05, 0.1) is 6.54 Å². The minimum absolute atomic E-state index is 0.354. The van der Waals surface area contributed by atoms with Crippen molar-refractivity contribution in [1.82, 2.24) is 15.1 Å². The largest absolute Gasteiger partial charge is 0.342 e. The van der Waals surface area contributed by atoms with E-state index in [1.807, 2.05) is 0 Å². The van der Waals surface area contributed by atoms with Gasteiger partial charge in [0.2, 0.25) is 5.91 Å². The van der Waals surface area contributed by atoms with E-state index in [-0.39, 0.29) is 0 Å². The molecule has 3 heterocycles. The molecule has 3 fully saturated rings. The van der Waals surface area contributed by atoms with Crippen molar-refractivity contribution in [3.05, 3.63) is 0 Å². The summed E-state index contributed by atoms with van der Waals surface area (Å²) in [5.74, 6) is 0.354. The highest BCUT2D eigenvalue weighted by Gasteiger charge is 2.30. The number of carbonyl (C=O) groups is 1. The topological polar surface area (TPSA) is 35.6 Å². The van der Waals surface area contributed by atoms with Crippen LogP contribution in [-0.2, 0) is 4.79 Å². The second-order valence-corrected chi connectivity index (χ2v) is 6.10. The molecule has 3 saturated heterocycles. The lowest BCUT2D eigenvalue weighted by atomic mass is 10.1. The van der Waals surface area contributed by atoms with Crippen molar-refractivity contribution in [2.45, 2.75) is 50.6 Å². The molecular formula is C14H25N3O. The summed E-state index contributed by atoms with van der Waals surface area (Å²) < 4.78 is 0. The van der Waals surface area contributed by atoms with E-state index < -0.39 is 0 Å². The highest BCUT2D eigenvalue weighted by Crippen LogP contribution is 2.20. The van der Waals surface area contributed by atoms with E-state index in [1.54, 1.807) is 0 Å². The molecule has 1 amide bonds. The number of piperidine rings is 1. The van der Waals surface area contributed by atoms with Gasteiger partial charge in [0.15, 0.2) is 0 Å². The molecule has 0 aromatic rings. The predicted molar refractivity (Wildman–Crippen MR) is 71.4 cm³/mol. The molecule has 3 rings (SSSR count). The van der Waals surface area contributed by atoms with E-state index in [1.165, 1.54) is 38.5 Å². The van der Waals surface area contributed by atoms with Crippen molar-refractivity contribution >= 4 is 5.91 Å². The van der Waals surface area contributed by atoms with Crippen molar-refractivity contribution in [2.75, 3.05) is 32.7 Å². The van der Waals surface area contributed by atoms with E-state index in [0.717, 1.165) is 26.2 Å². The Morgan fingerprint density at radius 2 is 1.78 bits per heavy atom. The Bertz CT molecular complexity index is 301. The fraction of sp³-hybridized carbons (Fsp3) is 0.929. The van der Waals surface area contributed by atoms with Crippen LogP contribution in [0.1, 0.15) is 38.5 Å². The molecular weight excluding hydrogens is 226 g/mol. The maximum atomic E-state index is 12.2. The summed E-state index contributed by atoms with van der Waals surface area (Å²) in [7, 11) is 0. The monoisotopic (exact) mass is 251 g/mol. The van der Waals surface area contributed by atoms with Crippen molar-refractivity contribution in [2.24, 2.45) is 0 Å². The van der Waals surface area contributed by atoms with Crippen LogP contribution in [0.3, 0.4) is 0 Å². The minimum atomic E-state index is 0.354. The summed E-state index contributed by atoms with van der Waals surface area (Å²) in [4.78, 5) is 16.7. The average molecular weight is 251 g/mol. The summed E-state index contributed by atoms with van der Waals surface area (Å²) in [6.07, 6.45) is 7.51. The zero-order valence-corrected chi connectivity index (χ0v) is 11.2. The van der Waals surface area contributed by atoms with Crippen LogP contribution in [0.5, 0.6) is 0 Å². The molecule has 2 unspecified atom stereocenters. The lowest BCUT2D eigenvalue weighted by Gasteiger charge is -2.30. The molecule has 4 nitrogen and oxygen atoms in total. The normalized spacial score (nSPS) is 33.4. The van der Waals surface area contributed by atoms with Gasteiger partial charge in [-0.15, -0.1) is 0 Å². The number of hydrogen-bond donors (Lipinski definition) is 1.